The van der Waals surface area contributed by atoms with Gasteiger partial charge in [-0.2, -0.15) is 0 Å². The Morgan fingerprint density at radius 1 is 0.357 bits per heavy atom. The lowest BCUT2D eigenvalue weighted by Crippen LogP contribution is -2.12. The van der Waals surface area contributed by atoms with Gasteiger partial charge in [-0.05, 0) is 72.1 Å². The van der Waals surface area contributed by atoms with Crippen molar-refractivity contribution >= 4 is 93.5 Å². The van der Waals surface area contributed by atoms with Gasteiger partial charge in [0, 0.05) is 54.8 Å². The number of rotatable bonds is 5. The molecule has 3 heterocycles. The molecule has 0 saturated carbocycles. The first-order chi connectivity index (χ1) is 27.8. The van der Waals surface area contributed by atoms with Gasteiger partial charge in [-0.25, -0.2) is 0 Å². The van der Waals surface area contributed by atoms with Gasteiger partial charge in [-0.15, -0.1) is 0 Å². The second-order valence-electron chi connectivity index (χ2n) is 14.4. The minimum Gasteiger partial charge on any atom is -0.455 e. The predicted molar refractivity (Wildman–Crippen MR) is 233 cm³/mol. The molecule has 0 bridgehead atoms. The van der Waals surface area contributed by atoms with Crippen molar-refractivity contribution in [1.29, 1.82) is 0 Å². The maximum Gasteiger partial charge on any atom is 0.143 e. The third kappa shape index (κ3) is 4.47. The molecule has 0 atom stereocenters. The SMILES string of the molecule is c1ccc(N(c2ccc(-n3c4ccccc4c4ccccc43)cc2)c2cccc3oc4c5ccccc5ccc4c23)c(-c2cccc3c2oc2ccccc23)c1. The first-order valence-corrected chi connectivity index (χ1v) is 19.0. The zero-order chi connectivity index (χ0) is 36.7. The number of aromatic nitrogens is 1. The second-order valence-corrected chi connectivity index (χ2v) is 14.4. The lowest BCUT2D eigenvalue weighted by atomic mass is 9.98. The number of benzene rings is 9. The molecule has 0 spiro atoms. The lowest BCUT2D eigenvalue weighted by molar-refractivity contribution is 0.670. The topological polar surface area (TPSA) is 34.5 Å². The molecule has 9 aromatic carbocycles. The molecule has 0 N–H and O–H groups in total. The van der Waals surface area contributed by atoms with Gasteiger partial charge in [-0.1, -0.05) is 127 Å². The number of para-hydroxylation sites is 5. The highest BCUT2D eigenvalue weighted by atomic mass is 16.3. The van der Waals surface area contributed by atoms with Crippen molar-refractivity contribution in [3.63, 3.8) is 0 Å². The zero-order valence-corrected chi connectivity index (χ0v) is 30.2. The maximum absolute atomic E-state index is 6.74. The molecule has 4 nitrogen and oxygen atoms in total. The van der Waals surface area contributed by atoms with Gasteiger partial charge in [0.1, 0.15) is 22.3 Å². The molecule has 0 radical (unpaired) electrons. The molecule has 262 valence electrons. The molecule has 0 saturated heterocycles. The first kappa shape index (κ1) is 30.9. The molecular weight excluding hydrogens is 685 g/mol. The first-order valence-electron chi connectivity index (χ1n) is 19.0. The van der Waals surface area contributed by atoms with E-state index in [2.05, 4.69) is 191 Å². The molecule has 12 rings (SSSR count). The zero-order valence-electron chi connectivity index (χ0n) is 30.2. The van der Waals surface area contributed by atoms with Crippen LogP contribution in [0.5, 0.6) is 0 Å². The monoisotopic (exact) mass is 716 g/mol. The second kappa shape index (κ2) is 12.0. The molecule has 0 fully saturated rings. The van der Waals surface area contributed by atoms with Crippen LogP contribution in [0.2, 0.25) is 0 Å². The van der Waals surface area contributed by atoms with E-state index in [-0.39, 0.29) is 0 Å². The van der Waals surface area contributed by atoms with Gasteiger partial charge >= 0.3 is 0 Å². The molecule has 4 heteroatoms. The van der Waals surface area contributed by atoms with E-state index in [0.717, 1.165) is 88.5 Å². The molecule has 0 amide bonds. The Kier molecular flexibility index (Phi) is 6.60. The Hall–Kier alpha value is -7.56. The van der Waals surface area contributed by atoms with E-state index in [1.54, 1.807) is 0 Å². The molecular formula is C52H32N2O2. The Balaban J connectivity index is 1.12. The highest BCUT2D eigenvalue weighted by Gasteiger charge is 2.24. The minimum atomic E-state index is 0.845. The summed E-state index contributed by atoms with van der Waals surface area (Å²) in [5.74, 6) is 0. The van der Waals surface area contributed by atoms with Crippen LogP contribution in [0.3, 0.4) is 0 Å². The third-order valence-electron chi connectivity index (χ3n) is 11.4. The fourth-order valence-corrected chi connectivity index (χ4v) is 8.94. The molecule has 3 aromatic heterocycles. The van der Waals surface area contributed by atoms with Crippen LogP contribution in [0.1, 0.15) is 0 Å². The summed E-state index contributed by atoms with van der Waals surface area (Å²) in [7, 11) is 0. The number of furan rings is 2. The van der Waals surface area contributed by atoms with Crippen LogP contribution in [0.25, 0.3) is 93.3 Å². The molecule has 0 aliphatic heterocycles. The van der Waals surface area contributed by atoms with Gasteiger partial charge in [0.25, 0.3) is 0 Å². The fraction of sp³-hybridized carbons (Fsp3) is 0. The summed E-state index contributed by atoms with van der Waals surface area (Å²) in [5.41, 5.74) is 12.2. The van der Waals surface area contributed by atoms with Crippen LogP contribution in [-0.2, 0) is 0 Å². The van der Waals surface area contributed by atoms with Crippen LogP contribution >= 0.6 is 0 Å². The average molecular weight is 717 g/mol. The van der Waals surface area contributed by atoms with Crippen LogP contribution in [0.4, 0.5) is 17.1 Å². The Bertz CT molecular complexity index is 3440. The Morgan fingerprint density at radius 3 is 1.77 bits per heavy atom. The number of fused-ring (bicyclic) bond motifs is 11. The van der Waals surface area contributed by atoms with Gasteiger partial charge in [-0.3, -0.25) is 0 Å². The summed E-state index contributed by atoms with van der Waals surface area (Å²) in [6.45, 7) is 0. The van der Waals surface area contributed by atoms with Crippen molar-refractivity contribution in [3.05, 3.63) is 194 Å². The van der Waals surface area contributed by atoms with Crippen molar-refractivity contribution in [1.82, 2.24) is 4.57 Å². The Morgan fingerprint density at radius 2 is 0.946 bits per heavy atom. The summed E-state index contributed by atoms with van der Waals surface area (Å²) < 4.78 is 15.7. The van der Waals surface area contributed by atoms with Crippen molar-refractivity contribution in [2.75, 3.05) is 4.90 Å². The number of anilines is 3. The van der Waals surface area contributed by atoms with E-state index >= 15 is 0 Å². The van der Waals surface area contributed by atoms with E-state index in [9.17, 15) is 0 Å². The van der Waals surface area contributed by atoms with E-state index in [4.69, 9.17) is 8.83 Å². The van der Waals surface area contributed by atoms with Crippen LogP contribution in [0, 0.1) is 0 Å². The summed E-state index contributed by atoms with van der Waals surface area (Å²) in [6.07, 6.45) is 0. The van der Waals surface area contributed by atoms with Gasteiger partial charge in [0.05, 0.1) is 27.8 Å². The van der Waals surface area contributed by atoms with Crippen LogP contribution < -0.4 is 4.90 Å². The maximum atomic E-state index is 6.74. The minimum absolute atomic E-state index is 0.845. The Labute approximate surface area is 321 Å². The predicted octanol–water partition coefficient (Wildman–Crippen LogP) is 14.9. The highest BCUT2D eigenvalue weighted by molar-refractivity contribution is 6.20. The van der Waals surface area contributed by atoms with Crippen molar-refractivity contribution in [2.45, 2.75) is 0 Å². The van der Waals surface area contributed by atoms with E-state index < -0.39 is 0 Å². The third-order valence-corrected chi connectivity index (χ3v) is 11.4. The van der Waals surface area contributed by atoms with Crippen molar-refractivity contribution in [2.24, 2.45) is 0 Å². The van der Waals surface area contributed by atoms with E-state index in [0.29, 0.717) is 0 Å². The molecule has 0 aliphatic rings. The van der Waals surface area contributed by atoms with Crippen molar-refractivity contribution in [3.8, 4) is 16.8 Å². The van der Waals surface area contributed by atoms with Gasteiger partial charge < -0.3 is 18.3 Å². The molecule has 56 heavy (non-hydrogen) atoms. The number of nitrogens with zero attached hydrogens (tertiary/aromatic N) is 2. The molecule has 0 unspecified atom stereocenters. The quantitative estimate of drug-likeness (QED) is 0.178. The van der Waals surface area contributed by atoms with Crippen LogP contribution in [-0.4, -0.2) is 4.57 Å². The standard InChI is InChI=1S/C52H32N2O2/c1-2-14-36-33(13-1)27-32-43-50-47(24-12-26-49(50)56-51(36)43)54(35-30-28-34(29-31-35)53-44-21-7-3-15-37(44)38-16-4-8-22-45(38)53)46-23-9-5-17-39(46)41-19-11-20-42-40-18-6-10-25-48(40)55-52(41)42/h1-32H. The number of hydrogen-bond acceptors (Lipinski definition) is 3. The van der Waals surface area contributed by atoms with E-state index in [1.807, 2.05) is 12.1 Å². The summed E-state index contributed by atoms with van der Waals surface area (Å²) >= 11 is 0. The van der Waals surface area contributed by atoms with E-state index in [1.165, 1.54) is 21.8 Å². The normalized spacial score (nSPS) is 11.9. The lowest BCUT2D eigenvalue weighted by Gasteiger charge is -2.28. The largest absolute Gasteiger partial charge is 0.455 e. The number of hydrogen-bond donors (Lipinski definition) is 0. The van der Waals surface area contributed by atoms with Crippen LogP contribution in [0.15, 0.2) is 203 Å². The average Bonchev–Trinajstić information content (AvgIpc) is 3.95. The molecule has 12 aromatic rings. The summed E-state index contributed by atoms with van der Waals surface area (Å²) in [5, 5.41) is 9.11. The smallest absolute Gasteiger partial charge is 0.143 e. The van der Waals surface area contributed by atoms with Gasteiger partial charge in [0.2, 0.25) is 0 Å². The summed E-state index contributed by atoms with van der Waals surface area (Å²) in [4.78, 5) is 2.39. The van der Waals surface area contributed by atoms with Gasteiger partial charge in [0.15, 0.2) is 0 Å². The van der Waals surface area contributed by atoms with Crippen molar-refractivity contribution < 1.29 is 8.83 Å². The highest BCUT2D eigenvalue weighted by Crippen LogP contribution is 2.48. The summed E-state index contributed by atoms with van der Waals surface area (Å²) in [6, 6.07) is 68.9. The molecule has 0 aliphatic carbocycles. The fourth-order valence-electron chi connectivity index (χ4n) is 8.94.